The normalized spacial score (nSPS) is 12.4. The standard InChI is InChI=1S/C50H37FN4O/c1-2-34-25-26-52-50(27-34)55-46-20-9-8-19-44(46)45-24-23-40(32-49(45)55)56-41-29-36(43-18-7-6-17-42(43)35-13-4-3-5-14-35)28-39(31-41)54-33-53(38-16-12-15-37(51)30-38)47-21-10-11-22-48(47)54/h3-32H,2,33H2,1H3. The maximum absolute atomic E-state index is 14.5. The van der Waals surface area contributed by atoms with Gasteiger partial charge in [0, 0.05) is 40.5 Å². The van der Waals surface area contributed by atoms with Crippen molar-refractivity contribution in [2.75, 3.05) is 16.5 Å². The smallest absolute Gasteiger partial charge is 0.137 e. The molecule has 10 rings (SSSR count). The Morgan fingerprint density at radius 3 is 2.07 bits per heavy atom. The van der Waals surface area contributed by atoms with Gasteiger partial charge in [-0.05, 0) is 107 Å². The van der Waals surface area contributed by atoms with Crippen molar-refractivity contribution in [3.63, 3.8) is 0 Å². The maximum atomic E-state index is 14.5. The second-order valence-electron chi connectivity index (χ2n) is 14.1. The molecule has 3 heterocycles. The number of aromatic nitrogens is 2. The van der Waals surface area contributed by atoms with Gasteiger partial charge in [0.05, 0.1) is 22.4 Å². The van der Waals surface area contributed by atoms with Crippen LogP contribution in [0.5, 0.6) is 11.5 Å². The molecule has 0 aliphatic carbocycles. The van der Waals surface area contributed by atoms with Crippen molar-refractivity contribution in [1.29, 1.82) is 0 Å². The Hall–Kier alpha value is -7.18. The monoisotopic (exact) mass is 728 g/mol. The van der Waals surface area contributed by atoms with Crippen LogP contribution in [0, 0.1) is 5.82 Å². The highest BCUT2D eigenvalue weighted by Crippen LogP contribution is 2.47. The van der Waals surface area contributed by atoms with E-state index >= 15 is 0 Å². The van der Waals surface area contributed by atoms with Gasteiger partial charge in [0.15, 0.2) is 0 Å². The molecule has 0 spiro atoms. The van der Waals surface area contributed by atoms with Gasteiger partial charge >= 0.3 is 0 Å². The fraction of sp³-hybridized carbons (Fsp3) is 0.0600. The molecular formula is C50H37FN4O. The van der Waals surface area contributed by atoms with Crippen molar-refractivity contribution in [3.8, 4) is 39.6 Å². The molecule has 0 fully saturated rings. The number of hydrogen-bond donors (Lipinski definition) is 0. The van der Waals surface area contributed by atoms with Crippen molar-refractivity contribution in [2.24, 2.45) is 0 Å². The highest BCUT2D eigenvalue weighted by Gasteiger charge is 2.29. The molecule has 0 amide bonds. The summed E-state index contributed by atoms with van der Waals surface area (Å²) in [6.07, 6.45) is 2.82. The van der Waals surface area contributed by atoms with Crippen molar-refractivity contribution < 1.29 is 9.13 Å². The van der Waals surface area contributed by atoms with E-state index in [0.29, 0.717) is 12.4 Å². The average molecular weight is 729 g/mol. The minimum absolute atomic E-state index is 0.265. The van der Waals surface area contributed by atoms with E-state index in [1.54, 1.807) is 12.1 Å². The molecule has 6 heteroatoms. The van der Waals surface area contributed by atoms with Crippen LogP contribution < -0.4 is 14.5 Å². The summed E-state index contributed by atoms with van der Waals surface area (Å²) in [5.74, 6) is 2.04. The lowest BCUT2D eigenvalue weighted by Gasteiger charge is -2.24. The van der Waals surface area contributed by atoms with Crippen molar-refractivity contribution in [2.45, 2.75) is 13.3 Å². The van der Waals surface area contributed by atoms with Gasteiger partial charge in [-0.3, -0.25) is 4.57 Å². The summed E-state index contributed by atoms with van der Waals surface area (Å²) in [6.45, 7) is 2.67. The van der Waals surface area contributed by atoms with Crippen LogP contribution in [0.1, 0.15) is 12.5 Å². The van der Waals surface area contributed by atoms with Crippen molar-refractivity contribution in [1.82, 2.24) is 9.55 Å². The molecule has 9 aromatic rings. The number of ether oxygens (including phenoxy) is 1. The molecule has 2 aromatic heterocycles. The van der Waals surface area contributed by atoms with E-state index in [-0.39, 0.29) is 5.82 Å². The third-order valence-corrected chi connectivity index (χ3v) is 10.7. The molecule has 1 aliphatic rings. The van der Waals surface area contributed by atoms with E-state index in [2.05, 4.69) is 155 Å². The Bertz CT molecular complexity index is 2900. The molecular weight excluding hydrogens is 692 g/mol. The van der Waals surface area contributed by atoms with Gasteiger partial charge in [0.25, 0.3) is 0 Å². The van der Waals surface area contributed by atoms with Crippen LogP contribution in [0.3, 0.4) is 0 Å². The second kappa shape index (κ2) is 13.9. The summed E-state index contributed by atoms with van der Waals surface area (Å²) in [4.78, 5) is 9.24. The van der Waals surface area contributed by atoms with E-state index in [1.165, 1.54) is 11.6 Å². The lowest BCUT2D eigenvalue weighted by atomic mass is 9.94. The zero-order valence-electron chi connectivity index (χ0n) is 30.8. The highest BCUT2D eigenvalue weighted by atomic mass is 19.1. The number of nitrogens with zero attached hydrogens (tertiary/aromatic N) is 4. The summed E-state index contributed by atoms with van der Waals surface area (Å²) >= 11 is 0. The number of para-hydroxylation sites is 3. The van der Waals surface area contributed by atoms with Crippen molar-refractivity contribution >= 4 is 44.6 Å². The predicted octanol–water partition coefficient (Wildman–Crippen LogP) is 13.3. The van der Waals surface area contributed by atoms with Crippen LogP contribution >= 0.6 is 0 Å². The largest absolute Gasteiger partial charge is 0.457 e. The Labute approximate surface area is 325 Å². The predicted molar refractivity (Wildman–Crippen MR) is 227 cm³/mol. The molecule has 7 aromatic carbocycles. The van der Waals surface area contributed by atoms with E-state index in [4.69, 9.17) is 9.72 Å². The van der Waals surface area contributed by atoms with Gasteiger partial charge < -0.3 is 14.5 Å². The zero-order valence-corrected chi connectivity index (χ0v) is 30.8. The first kappa shape index (κ1) is 33.4. The van der Waals surface area contributed by atoms with Gasteiger partial charge in [0.1, 0.15) is 29.8 Å². The second-order valence-corrected chi connectivity index (χ2v) is 14.1. The molecule has 56 heavy (non-hydrogen) atoms. The van der Waals surface area contributed by atoms with Crippen LogP contribution in [0.2, 0.25) is 0 Å². The van der Waals surface area contributed by atoms with E-state index in [1.807, 2.05) is 30.5 Å². The molecule has 270 valence electrons. The van der Waals surface area contributed by atoms with Crippen molar-refractivity contribution in [3.05, 3.63) is 194 Å². The summed E-state index contributed by atoms with van der Waals surface area (Å²) in [5.41, 5.74) is 11.5. The first-order valence-electron chi connectivity index (χ1n) is 19.0. The molecule has 0 radical (unpaired) electrons. The number of halogens is 1. The van der Waals surface area contributed by atoms with E-state index in [9.17, 15) is 4.39 Å². The van der Waals surface area contributed by atoms with Crippen LogP contribution in [-0.4, -0.2) is 16.2 Å². The number of aryl methyl sites for hydroxylation is 1. The number of pyridine rings is 1. The molecule has 1 aliphatic heterocycles. The Kier molecular flexibility index (Phi) is 8.29. The van der Waals surface area contributed by atoms with Gasteiger partial charge in [-0.25, -0.2) is 9.37 Å². The third kappa shape index (κ3) is 5.92. The maximum Gasteiger partial charge on any atom is 0.137 e. The van der Waals surface area contributed by atoms with E-state index in [0.717, 1.165) is 84.8 Å². The fourth-order valence-corrected chi connectivity index (χ4v) is 8.06. The van der Waals surface area contributed by atoms with Crippen LogP contribution in [0.4, 0.5) is 27.1 Å². The van der Waals surface area contributed by atoms with Gasteiger partial charge in [0.2, 0.25) is 0 Å². The summed E-state index contributed by atoms with van der Waals surface area (Å²) in [6, 6.07) is 59.5. The Balaban J connectivity index is 1.13. The zero-order chi connectivity index (χ0) is 37.6. The molecule has 5 nitrogen and oxygen atoms in total. The Morgan fingerprint density at radius 1 is 0.554 bits per heavy atom. The summed E-state index contributed by atoms with van der Waals surface area (Å²) < 4.78 is 23.7. The molecule has 0 N–H and O–H groups in total. The van der Waals surface area contributed by atoms with Gasteiger partial charge in [-0.2, -0.15) is 0 Å². The molecule has 0 saturated carbocycles. The minimum atomic E-state index is -0.265. The van der Waals surface area contributed by atoms with Crippen LogP contribution in [-0.2, 0) is 6.42 Å². The first-order valence-corrected chi connectivity index (χ1v) is 19.0. The number of fused-ring (bicyclic) bond motifs is 4. The molecule has 0 saturated heterocycles. The summed E-state index contributed by atoms with van der Waals surface area (Å²) in [7, 11) is 0. The highest BCUT2D eigenvalue weighted by molar-refractivity contribution is 6.09. The van der Waals surface area contributed by atoms with Gasteiger partial charge in [-0.1, -0.05) is 97.9 Å². The fourth-order valence-electron chi connectivity index (χ4n) is 8.06. The van der Waals surface area contributed by atoms with Gasteiger partial charge in [-0.15, -0.1) is 0 Å². The Morgan fingerprint density at radius 2 is 1.27 bits per heavy atom. The quantitative estimate of drug-likeness (QED) is 0.156. The average Bonchev–Trinajstić information content (AvgIpc) is 3.80. The molecule has 0 atom stereocenters. The SMILES string of the molecule is CCc1ccnc(-n2c3ccccc3c3ccc(Oc4cc(-c5ccccc5-c5ccccc5)cc(N5CN(c6cccc(F)c6)c6ccccc65)c4)cc32)c1. The minimum Gasteiger partial charge on any atom is -0.457 e. The van der Waals surface area contributed by atoms with E-state index < -0.39 is 0 Å². The molecule has 0 unspecified atom stereocenters. The summed E-state index contributed by atoms with van der Waals surface area (Å²) in [5, 5.41) is 2.30. The number of hydrogen-bond acceptors (Lipinski definition) is 4. The number of anilines is 4. The lowest BCUT2D eigenvalue weighted by molar-refractivity contribution is 0.483. The third-order valence-electron chi connectivity index (χ3n) is 10.7. The number of rotatable bonds is 8. The molecule has 0 bridgehead atoms. The topological polar surface area (TPSA) is 33.5 Å². The van der Waals surface area contributed by atoms with Crippen LogP contribution in [0.25, 0.3) is 49.9 Å². The lowest BCUT2D eigenvalue weighted by Crippen LogP contribution is -2.24. The number of benzene rings is 7. The van der Waals surface area contributed by atoms with Crippen LogP contribution in [0.15, 0.2) is 182 Å². The first-order chi connectivity index (χ1) is 27.6.